The Bertz CT molecular complexity index is 461. The molecule has 1 fully saturated rings. The molecule has 0 saturated carbocycles. The summed E-state index contributed by atoms with van der Waals surface area (Å²) in [6.45, 7) is 5.67. The minimum Gasteiger partial charge on any atom is -0.493 e. The SMILES string of the molecule is CCOc1ccccc1C(O)CN1CC(CC)CC1=O. The van der Waals surface area contributed by atoms with Gasteiger partial charge in [0.25, 0.3) is 0 Å². The molecule has 2 atom stereocenters. The van der Waals surface area contributed by atoms with Crippen molar-refractivity contribution in [1.82, 2.24) is 4.90 Å². The number of para-hydroxylation sites is 1. The first-order valence-electron chi connectivity index (χ1n) is 7.33. The van der Waals surface area contributed by atoms with Crippen LogP contribution in [0.1, 0.15) is 38.4 Å². The van der Waals surface area contributed by atoms with Gasteiger partial charge in [-0.2, -0.15) is 0 Å². The summed E-state index contributed by atoms with van der Waals surface area (Å²) in [6, 6.07) is 7.47. The number of carbonyl (C=O) groups excluding carboxylic acids is 1. The van der Waals surface area contributed by atoms with Crippen LogP contribution in [0.15, 0.2) is 24.3 Å². The Labute approximate surface area is 120 Å². The van der Waals surface area contributed by atoms with Crippen molar-refractivity contribution in [2.45, 2.75) is 32.8 Å². The maximum Gasteiger partial charge on any atom is 0.223 e. The van der Waals surface area contributed by atoms with Gasteiger partial charge in [-0.3, -0.25) is 4.79 Å². The Morgan fingerprint density at radius 2 is 2.15 bits per heavy atom. The van der Waals surface area contributed by atoms with E-state index >= 15 is 0 Å². The molecule has 110 valence electrons. The summed E-state index contributed by atoms with van der Waals surface area (Å²) >= 11 is 0. The molecule has 0 aliphatic carbocycles. The van der Waals surface area contributed by atoms with Crippen LogP contribution in [0.25, 0.3) is 0 Å². The van der Waals surface area contributed by atoms with Crippen LogP contribution >= 0.6 is 0 Å². The van der Waals surface area contributed by atoms with E-state index in [4.69, 9.17) is 4.74 Å². The Balaban J connectivity index is 2.05. The molecule has 1 aliphatic heterocycles. The summed E-state index contributed by atoms with van der Waals surface area (Å²) in [6.07, 6.45) is 0.918. The van der Waals surface area contributed by atoms with Gasteiger partial charge in [0.05, 0.1) is 13.2 Å². The maximum absolute atomic E-state index is 11.9. The Kier molecular flexibility index (Phi) is 5.01. The van der Waals surface area contributed by atoms with Crippen LogP contribution in [0, 0.1) is 5.92 Å². The summed E-state index contributed by atoms with van der Waals surface area (Å²) < 4.78 is 5.53. The van der Waals surface area contributed by atoms with Crippen LogP contribution in [0.2, 0.25) is 0 Å². The third-order valence-corrected chi connectivity index (χ3v) is 3.84. The van der Waals surface area contributed by atoms with E-state index in [0.29, 0.717) is 31.2 Å². The molecule has 20 heavy (non-hydrogen) atoms. The van der Waals surface area contributed by atoms with Gasteiger partial charge in [-0.15, -0.1) is 0 Å². The second-order valence-electron chi connectivity index (χ2n) is 5.26. The Morgan fingerprint density at radius 1 is 1.40 bits per heavy atom. The van der Waals surface area contributed by atoms with Crippen molar-refractivity contribution >= 4 is 5.91 Å². The first kappa shape index (κ1) is 14.9. The molecule has 4 heteroatoms. The smallest absolute Gasteiger partial charge is 0.223 e. The van der Waals surface area contributed by atoms with Crippen LogP contribution < -0.4 is 4.74 Å². The second kappa shape index (κ2) is 6.75. The van der Waals surface area contributed by atoms with E-state index < -0.39 is 6.10 Å². The van der Waals surface area contributed by atoms with E-state index in [1.165, 1.54) is 0 Å². The third kappa shape index (κ3) is 3.31. The number of amides is 1. The predicted molar refractivity (Wildman–Crippen MR) is 77.5 cm³/mol. The molecular weight excluding hydrogens is 254 g/mol. The van der Waals surface area contributed by atoms with E-state index in [9.17, 15) is 9.90 Å². The molecule has 4 nitrogen and oxygen atoms in total. The maximum atomic E-state index is 11.9. The molecule has 1 saturated heterocycles. The number of carbonyl (C=O) groups is 1. The summed E-state index contributed by atoms with van der Waals surface area (Å²) in [4.78, 5) is 13.7. The van der Waals surface area contributed by atoms with Gasteiger partial charge in [0.2, 0.25) is 5.91 Å². The van der Waals surface area contributed by atoms with E-state index in [2.05, 4.69) is 6.92 Å². The van der Waals surface area contributed by atoms with E-state index in [0.717, 1.165) is 18.5 Å². The lowest BCUT2D eigenvalue weighted by Crippen LogP contribution is -2.30. The summed E-state index contributed by atoms with van der Waals surface area (Å²) in [5.74, 6) is 1.27. The number of ether oxygens (including phenoxy) is 1. The molecule has 0 bridgehead atoms. The van der Waals surface area contributed by atoms with Gasteiger partial charge in [-0.05, 0) is 18.9 Å². The van der Waals surface area contributed by atoms with Crippen LogP contribution in [0.3, 0.4) is 0 Å². The fraction of sp³-hybridized carbons (Fsp3) is 0.562. The van der Waals surface area contributed by atoms with Crippen LogP contribution in [-0.4, -0.2) is 35.6 Å². The molecule has 1 amide bonds. The molecule has 1 heterocycles. The first-order valence-corrected chi connectivity index (χ1v) is 7.33. The topological polar surface area (TPSA) is 49.8 Å². The van der Waals surface area contributed by atoms with Gasteiger partial charge >= 0.3 is 0 Å². The minimum atomic E-state index is -0.697. The normalized spacial score (nSPS) is 20.2. The fourth-order valence-electron chi connectivity index (χ4n) is 2.65. The average molecular weight is 277 g/mol. The molecule has 2 unspecified atom stereocenters. The zero-order chi connectivity index (χ0) is 14.5. The Morgan fingerprint density at radius 3 is 2.80 bits per heavy atom. The van der Waals surface area contributed by atoms with Gasteiger partial charge < -0.3 is 14.7 Å². The zero-order valence-electron chi connectivity index (χ0n) is 12.2. The zero-order valence-corrected chi connectivity index (χ0v) is 12.2. The molecule has 0 spiro atoms. The number of likely N-dealkylation sites (tertiary alicyclic amines) is 1. The molecule has 1 N–H and O–H groups in total. The number of hydrogen-bond donors (Lipinski definition) is 1. The molecule has 1 aromatic carbocycles. The number of β-amino-alcohol motifs (C(OH)–C–C–N with tert-alkyl or cyclic N) is 1. The summed E-state index contributed by atoms with van der Waals surface area (Å²) in [7, 11) is 0. The van der Waals surface area contributed by atoms with Crippen molar-refractivity contribution in [3.05, 3.63) is 29.8 Å². The highest BCUT2D eigenvalue weighted by Crippen LogP contribution is 2.28. The number of rotatable bonds is 6. The van der Waals surface area contributed by atoms with E-state index in [-0.39, 0.29) is 5.91 Å². The van der Waals surface area contributed by atoms with Crippen LogP contribution in [-0.2, 0) is 4.79 Å². The summed E-state index contributed by atoms with van der Waals surface area (Å²) in [5, 5.41) is 10.4. The predicted octanol–water partition coefficient (Wildman–Crippen LogP) is 2.38. The highest BCUT2D eigenvalue weighted by molar-refractivity contribution is 5.78. The second-order valence-corrected chi connectivity index (χ2v) is 5.26. The van der Waals surface area contributed by atoms with Gasteiger partial charge in [0.15, 0.2) is 0 Å². The number of benzene rings is 1. The van der Waals surface area contributed by atoms with Crippen molar-refractivity contribution in [1.29, 1.82) is 0 Å². The highest BCUT2D eigenvalue weighted by atomic mass is 16.5. The van der Waals surface area contributed by atoms with Crippen molar-refractivity contribution in [3.8, 4) is 5.75 Å². The van der Waals surface area contributed by atoms with Crippen LogP contribution in [0.4, 0.5) is 0 Å². The molecule has 1 aromatic rings. The molecule has 0 aromatic heterocycles. The van der Waals surface area contributed by atoms with Gasteiger partial charge in [0.1, 0.15) is 11.9 Å². The molecule has 2 rings (SSSR count). The van der Waals surface area contributed by atoms with Crippen molar-refractivity contribution < 1.29 is 14.6 Å². The van der Waals surface area contributed by atoms with E-state index in [1.807, 2.05) is 31.2 Å². The number of aliphatic hydroxyl groups is 1. The first-order chi connectivity index (χ1) is 9.65. The number of aliphatic hydroxyl groups excluding tert-OH is 1. The molecule has 1 aliphatic rings. The quantitative estimate of drug-likeness (QED) is 0.868. The standard InChI is InChI=1S/C16H23NO3/c1-3-12-9-16(19)17(10-12)11-14(18)13-7-5-6-8-15(13)20-4-2/h5-8,12,14,18H,3-4,9-11H2,1-2H3. The van der Waals surface area contributed by atoms with Crippen molar-refractivity contribution in [2.75, 3.05) is 19.7 Å². The number of nitrogens with zero attached hydrogens (tertiary/aromatic N) is 1. The fourth-order valence-corrected chi connectivity index (χ4v) is 2.65. The van der Waals surface area contributed by atoms with Crippen molar-refractivity contribution in [3.63, 3.8) is 0 Å². The van der Waals surface area contributed by atoms with Gasteiger partial charge in [-0.25, -0.2) is 0 Å². The third-order valence-electron chi connectivity index (χ3n) is 3.84. The highest BCUT2D eigenvalue weighted by Gasteiger charge is 2.30. The summed E-state index contributed by atoms with van der Waals surface area (Å²) in [5.41, 5.74) is 0.752. The van der Waals surface area contributed by atoms with Gasteiger partial charge in [0, 0.05) is 18.5 Å². The average Bonchev–Trinajstić information content (AvgIpc) is 2.80. The lowest BCUT2D eigenvalue weighted by Gasteiger charge is -2.22. The van der Waals surface area contributed by atoms with Crippen LogP contribution in [0.5, 0.6) is 5.75 Å². The van der Waals surface area contributed by atoms with Gasteiger partial charge in [-0.1, -0.05) is 31.5 Å². The minimum absolute atomic E-state index is 0.143. The van der Waals surface area contributed by atoms with E-state index in [1.54, 1.807) is 4.90 Å². The lowest BCUT2D eigenvalue weighted by atomic mass is 10.1. The largest absolute Gasteiger partial charge is 0.493 e. The monoisotopic (exact) mass is 277 g/mol. The molecule has 0 radical (unpaired) electrons. The molecular formula is C16H23NO3. The lowest BCUT2D eigenvalue weighted by molar-refractivity contribution is -0.129. The van der Waals surface area contributed by atoms with Crippen molar-refractivity contribution in [2.24, 2.45) is 5.92 Å². The number of hydrogen-bond acceptors (Lipinski definition) is 3. The Hall–Kier alpha value is -1.55.